The van der Waals surface area contributed by atoms with E-state index in [9.17, 15) is 4.79 Å². The first-order chi connectivity index (χ1) is 12.7. The van der Waals surface area contributed by atoms with Crippen LogP contribution in [0.4, 0.5) is 0 Å². The molecule has 0 aliphatic heterocycles. The molecule has 128 valence electrons. The fraction of sp³-hybridized carbons (Fsp3) is 0.0909. The summed E-state index contributed by atoms with van der Waals surface area (Å²) in [6.45, 7) is 0. The summed E-state index contributed by atoms with van der Waals surface area (Å²) in [5.41, 5.74) is 3.09. The zero-order chi connectivity index (χ0) is 17.9. The first-order valence-electron chi connectivity index (χ1n) is 8.46. The average Bonchev–Trinajstić information content (AvgIpc) is 2.71. The SMILES string of the molecule is Cn1c(SC(c2ccccc2)c2ccccc2)nc2ccccc2c1=O. The molecule has 0 N–H and O–H groups in total. The van der Waals surface area contributed by atoms with Gasteiger partial charge in [0.1, 0.15) is 0 Å². The van der Waals surface area contributed by atoms with Gasteiger partial charge in [0.25, 0.3) is 5.56 Å². The average molecular weight is 358 g/mol. The quantitative estimate of drug-likeness (QED) is 0.388. The van der Waals surface area contributed by atoms with Crippen LogP contribution in [0.25, 0.3) is 10.9 Å². The summed E-state index contributed by atoms with van der Waals surface area (Å²) in [5, 5.41) is 1.43. The summed E-state index contributed by atoms with van der Waals surface area (Å²) in [6.07, 6.45) is 0. The minimum atomic E-state index is -0.0158. The van der Waals surface area contributed by atoms with E-state index in [1.54, 1.807) is 23.4 Å². The molecule has 4 rings (SSSR count). The second-order valence-corrected chi connectivity index (χ2v) is 7.17. The Balaban J connectivity index is 1.83. The molecule has 0 aliphatic rings. The summed E-state index contributed by atoms with van der Waals surface area (Å²) in [5.74, 6) is 0. The van der Waals surface area contributed by atoms with Gasteiger partial charge in [-0.2, -0.15) is 0 Å². The molecule has 3 nitrogen and oxygen atoms in total. The van der Waals surface area contributed by atoms with Crippen molar-refractivity contribution in [1.82, 2.24) is 9.55 Å². The number of hydrogen-bond acceptors (Lipinski definition) is 3. The number of fused-ring (bicyclic) bond motifs is 1. The summed E-state index contributed by atoms with van der Waals surface area (Å²) in [7, 11) is 1.79. The molecule has 1 aromatic heterocycles. The summed E-state index contributed by atoms with van der Waals surface area (Å²) < 4.78 is 1.64. The van der Waals surface area contributed by atoms with Crippen LogP contribution in [0.15, 0.2) is 94.9 Å². The number of benzene rings is 3. The Hall–Kier alpha value is -2.85. The van der Waals surface area contributed by atoms with Gasteiger partial charge in [-0.15, -0.1) is 0 Å². The summed E-state index contributed by atoms with van der Waals surface area (Å²) in [6, 6.07) is 28.1. The zero-order valence-electron chi connectivity index (χ0n) is 14.4. The standard InChI is InChI=1S/C22H18N2OS/c1-24-21(25)18-14-8-9-15-19(18)23-22(24)26-20(16-10-4-2-5-11-16)17-12-6-3-7-13-17/h2-15,20H,1H3. The van der Waals surface area contributed by atoms with E-state index in [1.807, 2.05) is 60.7 Å². The zero-order valence-corrected chi connectivity index (χ0v) is 15.2. The largest absolute Gasteiger partial charge is 0.290 e. The lowest BCUT2D eigenvalue weighted by atomic mass is 10.0. The number of nitrogens with zero attached hydrogens (tertiary/aromatic N) is 2. The topological polar surface area (TPSA) is 34.9 Å². The van der Waals surface area contributed by atoms with Gasteiger partial charge in [0.05, 0.1) is 16.2 Å². The van der Waals surface area contributed by atoms with Gasteiger partial charge in [0, 0.05) is 7.05 Å². The van der Waals surface area contributed by atoms with E-state index >= 15 is 0 Å². The molecule has 26 heavy (non-hydrogen) atoms. The first-order valence-corrected chi connectivity index (χ1v) is 9.34. The fourth-order valence-electron chi connectivity index (χ4n) is 2.99. The highest BCUT2D eigenvalue weighted by molar-refractivity contribution is 7.99. The minimum absolute atomic E-state index is 0.0158. The van der Waals surface area contributed by atoms with E-state index in [4.69, 9.17) is 4.98 Å². The van der Waals surface area contributed by atoms with E-state index in [-0.39, 0.29) is 10.8 Å². The lowest BCUT2D eigenvalue weighted by Crippen LogP contribution is -2.20. The van der Waals surface area contributed by atoms with Crippen LogP contribution in [-0.2, 0) is 7.05 Å². The van der Waals surface area contributed by atoms with Crippen molar-refractivity contribution >= 4 is 22.7 Å². The lowest BCUT2D eigenvalue weighted by molar-refractivity contribution is 0.724. The third-order valence-corrected chi connectivity index (χ3v) is 5.73. The van der Waals surface area contributed by atoms with Crippen molar-refractivity contribution in [1.29, 1.82) is 0 Å². The maximum absolute atomic E-state index is 12.7. The number of hydrogen-bond donors (Lipinski definition) is 0. The highest BCUT2D eigenvalue weighted by Crippen LogP contribution is 2.39. The van der Waals surface area contributed by atoms with Gasteiger partial charge in [0.2, 0.25) is 0 Å². The van der Waals surface area contributed by atoms with Gasteiger partial charge in [-0.1, -0.05) is 84.6 Å². The number of thioether (sulfide) groups is 1. The van der Waals surface area contributed by atoms with Crippen LogP contribution in [0.3, 0.4) is 0 Å². The van der Waals surface area contributed by atoms with Gasteiger partial charge in [-0.3, -0.25) is 9.36 Å². The predicted octanol–water partition coefficient (Wildman–Crippen LogP) is 4.82. The van der Waals surface area contributed by atoms with Crippen LogP contribution in [0, 0.1) is 0 Å². The third-order valence-electron chi connectivity index (χ3n) is 4.37. The highest BCUT2D eigenvalue weighted by atomic mass is 32.2. The first kappa shape index (κ1) is 16.6. The van der Waals surface area contributed by atoms with E-state index < -0.39 is 0 Å². The molecule has 0 unspecified atom stereocenters. The van der Waals surface area contributed by atoms with Crippen LogP contribution in [-0.4, -0.2) is 9.55 Å². The molecule has 0 atom stereocenters. The fourth-order valence-corrected chi connectivity index (χ4v) is 4.18. The van der Waals surface area contributed by atoms with E-state index in [0.29, 0.717) is 10.5 Å². The number of aromatic nitrogens is 2. The van der Waals surface area contributed by atoms with Crippen molar-refractivity contribution in [3.63, 3.8) is 0 Å². The van der Waals surface area contributed by atoms with Gasteiger partial charge < -0.3 is 0 Å². The van der Waals surface area contributed by atoms with Crippen molar-refractivity contribution in [2.24, 2.45) is 7.05 Å². The molecule has 0 fully saturated rings. The van der Waals surface area contributed by atoms with E-state index in [1.165, 1.54) is 11.1 Å². The predicted molar refractivity (Wildman–Crippen MR) is 108 cm³/mol. The Morgan fingerprint density at radius 3 is 1.96 bits per heavy atom. The van der Waals surface area contributed by atoms with Crippen molar-refractivity contribution in [2.45, 2.75) is 10.4 Å². The van der Waals surface area contributed by atoms with Crippen LogP contribution in [0.5, 0.6) is 0 Å². The molecule has 0 saturated heterocycles. The molecule has 4 heteroatoms. The Bertz CT molecular complexity index is 1050. The van der Waals surface area contributed by atoms with E-state index in [2.05, 4.69) is 24.3 Å². The molecular weight excluding hydrogens is 340 g/mol. The van der Waals surface area contributed by atoms with Crippen molar-refractivity contribution in [3.8, 4) is 0 Å². The lowest BCUT2D eigenvalue weighted by Gasteiger charge is -2.19. The van der Waals surface area contributed by atoms with Gasteiger partial charge >= 0.3 is 0 Å². The van der Waals surface area contributed by atoms with Crippen LogP contribution in [0.1, 0.15) is 16.4 Å². The van der Waals surface area contributed by atoms with Crippen LogP contribution < -0.4 is 5.56 Å². The molecule has 0 bridgehead atoms. The maximum Gasteiger partial charge on any atom is 0.261 e. The van der Waals surface area contributed by atoms with Gasteiger partial charge in [-0.05, 0) is 23.3 Å². The number of rotatable bonds is 4. The van der Waals surface area contributed by atoms with E-state index in [0.717, 1.165) is 5.52 Å². The second-order valence-electron chi connectivity index (χ2n) is 6.09. The molecule has 4 aromatic rings. The third kappa shape index (κ3) is 3.16. The smallest absolute Gasteiger partial charge is 0.261 e. The molecule has 0 aliphatic carbocycles. The summed E-state index contributed by atoms with van der Waals surface area (Å²) >= 11 is 1.60. The van der Waals surface area contributed by atoms with Crippen molar-refractivity contribution in [3.05, 3.63) is 106 Å². The maximum atomic E-state index is 12.7. The van der Waals surface area contributed by atoms with Crippen LogP contribution >= 0.6 is 11.8 Å². The Morgan fingerprint density at radius 2 is 1.35 bits per heavy atom. The normalized spacial score (nSPS) is 11.2. The highest BCUT2D eigenvalue weighted by Gasteiger charge is 2.19. The van der Waals surface area contributed by atoms with Crippen molar-refractivity contribution in [2.75, 3.05) is 0 Å². The van der Waals surface area contributed by atoms with Gasteiger partial charge in [0.15, 0.2) is 5.16 Å². The summed E-state index contributed by atoms with van der Waals surface area (Å²) in [4.78, 5) is 17.5. The molecule has 0 radical (unpaired) electrons. The van der Waals surface area contributed by atoms with Gasteiger partial charge in [-0.25, -0.2) is 4.98 Å². The monoisotopic (exact) mass is 358 g/mol. The molecule has 0 saturated carbocycles. The molecule has 0 spiro atoms. The molecule has 3 aromatic carbocycles. The molecule has 0 amide bonds. The van der Waals surface area contributed by atoms with Crippen molar-refractivity contribution < 1.29 is 0 Å². The minimum Gasteiger partial charge on any atom is -0.290 e. The van der Waals surface area contributed by atoms with Crippen LogP contribution in [0.2, 0.25) is 0 Å². The molecule has 1 heterocycles. The Kier molecular flexibility index (Phi) is 4.59. The molecular formula is C22H18N2OS. The number of para-hydroxylation sites is 1. The second kappa shape index (κ2) is 7.18. The Morgan fingerprint density at radius 1 is 0.808 bits per heavy atom. The Labute approximate surface area is 156 Å².